The first-order valence-corrected chi connectivity index (χ1v) is 7.45. The molecule has 1 aliphatic carbocycles. The van der Waals surface area contributed by atoms with E-state index in [4.69, 9.17) is 4.74 Å². The van der Waals surface area contributed by atoms with Crippen molar-refractivity contribution < 1.29 is 4.74 Å². The van der Waals surface area contributed by atoms with E-state index in [0.29, 0.717) is 6.04 Å². The smallest absolute Gasteiger partial charge is 0.0608 e. The first-order chi connectivity index (χ1) is 8.81. The number of morpholine rings is 1. The van der Waals surface area contributed by atoms with Crippen LogP contribution >= 0.6 is 15.9 Å². The highest BCUT2D eigenvalue weighted by atomic mass is 79.9. The van der Waals surface area contributed by atoms with E-state index in [2.05, 4.69) is 50.6 Å². The van der Waals surface area contributed by atoms with Gasteiger partial charge in [-0.1, -0.05) is 28.1 Å². The third kappa shape index (κ3) is 2.94. The lowest BCUT2D eigenvalue weighted by Crippen LogP contribution is -2.53. The zero-order chi connectivity index (χ0) is 12.4. The van der Waals surface area contributed by atoms with Crippen molar-refractivity contribution in [3.63, 3.8) is 0 Å². The molecule has 1 saturated carbocycles. The monoisotopic (exact) mass is 310 g/mol. The molecule has 3 nitrogen and oxygen atoms in total. The Morgan fingerprint density at radius 1 is 1.22 bits per heavy atom. The van der Waals surface area contributed by atoms with E-state index in [1.807, 2.05) is 0 Å². The highest BCUT2D eigenvalue weighted by Gasteiger charge is 2.31. The number of hydrazine groups is 1. The number of hydrogen-bond donors (Lipinski definition) is 1. The van der Waals surface area contributed by atoms with Crippen molar-refractivity contribution in [1.29, 1.82) is 0 Å². The fraction of sp³-hybridized carbons (Fsp3) is 0.571. The van der Waals surface area contributed by atoms with Crippen LogP contribution in [0.3, 0.4) is 0 Å². The molecule has 1 aliphatic heterocycles. The summed E-state index contributed by atoms with van der Waals surface area (Å²) < 4.78 is 6.53. The first-order valence-electron chi connectivity index (χ1n) is 6.65. The van der Waals surface area contributed by atoms with E-state index in [-0.39, 0.29) is 0 Å². The van der Waals surface area contributed by atoms with Crippen LogP contribution < -0.4 is 5.43 Å². The molecule has 1 heterocycles. The third-order valence-corrected chi connectivity index (χ3v) is 4.33. The van der Waals surface area contributed by atoms with E-state index in [1.165, 1.54) is 22.9 Å². The standard InChI is InChI=1S/C14H19BrN2O/c15-13-3-1-2-11(8-13)12-9-14(10-12)16-17-4-6-18-7-5-17/h1-3,8,12,14,16H,4-7,9-10H2. The minimum absolute atomic E-state index is 0.645. The van der Waals surface area contributed by atoms with Crippen molar-refractivity contribution in [2.45, 2.75) is 24.8 Å². The van der Waals surface area contributed by atoms with Gasteiger partial charge in [-0.3, -0.25) is 5.43 Å². The van der Waals surface area contributed by atoms with Crippen molar-refractivity contribution >= 4 is 15.9 Å². The second-order valence-electron chi connectivity index (χ2n) is 5.15. The molecule has 0 unspecified atom stereocenters. The Kier molecular flexibility index (Phi) is 3.99. The molecule has 1 aromatic rings. The Bertz CT molecular complexity index is 401. The van der Waals surface area contributed by atoms with Crippen LogP contribution in [0.15, 0.2) is 28.7 Å². The van der Waals surface area contributed by atoms with Crippen LogP contribution in [-0.2, 0) is 4.74 Å². The fourth-order valence-electron chi connectivity index (χ4n) is 2.71. The number of nitrogens with one attached hydrogen (secondary N) is 1. The van der Waals surface area contributed by atoms with Crippen molar-refractivity contribution in [1.82, 2.24) is 10.4 Å². The van der Waals surface area contributed by atoms with Gasteiger partial charge in [0.25, 0.3) is 0 Å². The summed E-state index contributed by atoms with van der Waals surface area (Å²) in [4.78, 5) is 0. The molecule has 0 radical (unpaired) electrons. The highest BCUT2D eigenvalue weighted by Crippen LogP contribution is 2.37. The normalized spacial score (nSPS) is 28.9. The minimum atomic E-state index is 0.645. The van der Waals surface area contributed by atoms with Gasteiger partial charge in [-0.15, -0.1) is 0 Å². The minimum Gasteiger partial charge on any atom is -0.379 e. The largest absolute Gasteiger partial charge is 0.379 e. The lowest BCUT2D eigenvalue weighted by atomic mass is 9.76. The number of nitrogens with zero attached hydrogens (tertiary/aromatic N) is 1. The zero-order valence-corrected chi connectivity index (χ0v) is 12.0. The summed E-state index contributed by atoms with van der Waals surface area (Å²) in [7, 11) is 0. The average molecular weight is 311 g/mol. The van der Waals surface area contributed by atoms with Gasteiger partial charge in [0, 0.05) is 23.6 Å². The molecule has 98 valence electrons. The van der Waals surface area contributed by atoms with Gasteiger partial charge in [0.2, 0.25) is 0 Å². The van der Waals surface area contributed by atoms with Crippen molar-refractivity contribution in [3.05, 3.63) is 34.3 Å². The SMILES string of the molecule is Brc1cccc(C2CC(NN3CCOCC3)C2)c1. The molecule has 0 atom stereocenters. The summed E-state index contributed by atoms with van der Waals surface area (Å²) in [6.07, 6.45) is 2.49. The Hall–Kier alpha value is -0.420. The molecule has 3 rings (SSSR count). The van der Waals surface area contributed by atoms with Crippen LogP contribution in [0.5, 0.6) is 0 Å². The van der Waals surface area contributed by atoms with Gasteiger partial charge < -0.3 is 4.74 Å². The molecular weight excluding hydrogens is 292 g/mol. The Morgan fingerprint density at radius 2 is 2.00 bits per heavy atom. The first kappa shape index (κ1) is 12.6. The van der Waals surface area contributed by atoms with Gasteiger partial charge in [-0.25, -0.2) is 5.01 Å². The Labute approximate surface area is 117 Å². The summed E-state index contributed by atoms with van der Waals surface area (Å²) in [5.41, 5.74) is 5.07. The van der Waals surface area contributed by atoms with Gasteiger partial charge in [0.15, 0.2) is 0 Å². The molecule has 18 heavy (non-hydrogen) atoms. The maximum atomic E-state index is 5.35. The summed E-state index contributed by atoms with van der Waals surface area (Å²) in [6.45, 7) is 3.74. The summed E-state index contributed by atoms with van der Waals surface area (Å²) >= 11 is 3.54. The lowest BCUT2D eigenvalue weighted by Gasteiger charge is -2.40. The molecular formula is C14H19BrN2O. The summed E-state index contributed by atoms with van der Waals surface area (Å²) in [6, 6.07) is 9.34. The molecule has 0 amide bonds. The Balaban J connectivity index is 1.48. The lowest BCUT2D eigenvalue weighted by molar-refractivity contribution is -0.00620. The molecule has 2 fully saturated rings. The predicted molar refractivity (Wildman–Crippen MR) is 75.4 cm³/mol. The summed E-state index contributed by atoms with van der Waals surface area (Å²) in [5, 5.41) is 2.31. The van der Waals surface area contributed by atoms with Gasteiger partial charge in [0.05, 0.1) is 13.2 Å². The number of hydrogen-bond acceptors (Lipinski definition) is 3. The molecule has 0 spiro atoms. The maximum Gasteiger partial charge on any atom is 0.0608 e. The van der Waals surface area contributed by atoms with Gasteiger partial charge >= 0.3 is 0 Å². The third-order valence-electron chi connectivity index (χ3n) is 3.83. The van der Waals surface area contributed by atoms with Crippen LogP contribution in [0.25, 0.3) is 0 Å². The maximum absolute atomic E-state index is 5.35. The van der Waals surface area contributed by atoms with Crippen LogP contribution in [0.2, 0.25) is 0 Å². The average Bonchev–Trinajstić information content (AvgIpc) is 2.34. The molecule has 1 N–H and O–H groups in total. The van der Waals surface area contributed by atoms with E-state index in [0.717, 1.165) is 32.2 Å². The predicted octanol–water partition coefficient (Wildman–Crippen LogP) is 2.53. The number of halogens is 1. The fourth-order valence-corrected chi connectivity index (χ4v) is 3.12. The van der Waals surface area contributed by atoms with E-state index < -0.39 is 0 Å². The molecule has 2 aliphatic rings. The topological polar surface area (TPSA) is 24.5 Å². The molecule has 4 heteroatoms. The zero-order valence-electron chi connectivity index (χ0n) is 10.4. The van der Waals surface area contributed by atoms with Crippen LogP contribution in [-0.4, -0.2) is 37.4 Å². The van der Waals surface area contributed by atoms with Gasteiger partial charge in [0.1, 0.15) is 0 Å². The van der Waals surface area contributed by atoms with Crippen molar-refractivity contribution in [3.8, 4) is 0 Å². The van der Waals surface area contributed by atoms with Crippen LogP contribution in [0, 0.1) is 0 Å². The number of rotatable bonds is 3. The molecule has 0 aromatic heterocycles. The highest BCUT2D eigenvalue weighted by molar-refractivity contribution is 9.10. The van der Waals surface area contributed by atoms with E-state index in [9.17, 15) is 0 Å². The second-order valence-corrected chi connectivity index (χ2v) is 6.06. The molecule has 0 bridgehead atoms. The van der Waals surface area contributed by atoms with Crippen molar-refractivity contribution in [2.75, 3.05) is 26.3 Å². The number of ether oxygens (including phenoxy) is 1. The summed E-state index contributed by atoms with van der Waals surface area (Å²) in [5.74, 6) is 0.723. The van der Waals surface area contributed by atoms with E-state index >= 15 is 0 Å². The Morgan fingerprint density at radius 3 is 2.72 bits per heavy atom. The molecule has 1 aromatic carbocycles. The van der Waals surface area contributed by atoms with Crippen LogP contribution in [0.4, 0.5) is 0 Å². The second kappa shape index (κ2) is 5.70. The number of benzene rings is 1. The van der Waals surface area contributed by atoms with Gasteiger partial charge in [-0.2, -0.15) is 0 Å². The van der Waals surface area contributed by atoms with Gasteiger partial charge in [-0.05, 0) is 36.5 Å². The molecule has 1 saturated heterocycles. The van der Waals surface area contributed by atoms with Crippen LogP contribution in [0.1, 0.15) is 24.3 Å². The van der Waals surface area contributed by atoms with E-state index in [1.54, 1.807) is 0 Å². The quantitative estimate of drug-likeness (QED) is 0.928. The van der Waals surface area contributed by atoms with Crippen molar-refractivity contribution in [2.24, 2.45) is 0 Å².